The van der Waals surface area contributed by atoms with E-state index in [1.54, 1.807) is 0 Å². The van der Waals surface area contributed by atoms with E-state index in [0.29, 0.717) is 6.07 Å². The summed E-state index contributed by atoms with van der Waals surface area (Å²) in [7, 11) is -5.04. The van der Waals surface area contributed by atoms with E-state index in [1.165, 1.54) is 13.3 Å². The summed E-state index contributed by atoms with van der Waals surface area (Å²) in [6, 6.07) is 2.33. The minimum Gasteiger partial charge on any atom is -0.248 e. The smallest absolute Gasteiger partial charge is 0.248 e. The largest absolute Gasteiger partial charge is 0.417 e. The summed E-state index contributed by atoms with van der Waals surface area (Å²) in [5.74, 6) is -4.57. The summed E-state index contributed by atoms with van der Waals surface area (Å²) >= 11 is 5.71. The molecule has 0 aliphatic rings. The highest BCUT2D eigenvalue weighted by Gasteiger charge is 2.65. The van der Waals surface area contributed by atoms with Gasteiger partial charge in [-0.1, -0.05) is 18.5 Å². The van der Waals surface area contributed by atoms with Gasteiger partial charge in [-0.2, -0.15) is 19.8 Å². The Morgan fingerprint density at radius 2 is 1.90 bits per heavy atom. The quantitative estimate of drug-likeness (QED) is 0.392. The molecule has 0 radical (unpaired) electrons. The first-order chi connectivity index (χ1) is 13.6. The van der Waals surface area contributed by atoms with Crippen molar-refractivity contribution in [1.29, 1.82) is 0 Å². The maximum atomic E-state index is 14.8. The number of hydrogen-bond donors (Lipinski definition) is 3. The molecule has 0 amide bonds. The molecule has 3 rings (SSSR count). The monoisotopic (exact) mass is 448 g/mol. The predicted octanol–water partition coefficient (Wildman–Crippen LogP) is 2.58. The Balaban J connectivity index is 2.33. The molecule has 0 saturated heterocycles. The molecule has 1 aromatic carbocycles. The van der Waals surface area contributed by atoms with Gasteiger partial charge in [0.05, 0.1) is 18.2 Å². The first-order valence-electron chi connectivity index (χ1n) is 8.09. The number of hydrogen-bond acceptors (Lipinski definition) is 7. The van der Waals surface area contributed by atoms with E-state index in [1.807, 2.05) is 0 Å². The van der Waals surface area contributed by atoms with Crippen molar-refractivity contribution in [1.82, 2.24) is 24.7 Å². The zero-order chi connectivity index (χ0) is 21.4. The lowest BCUT2D eigenvalue weighted by molar-refractivity contribution is 0.238. The van der Waals surface area contributed by atoms with Gasteiger partial charge in [0.25, 0.3) is 0 Å². The first kappa shape index (κ1) is 21.5. The van der Waals surface area contributed by atoms with Crippen LogP contribution in [0.15, 0.2) is 37.2 Å². The maximum Gasteiger partial charge on any atom is 0.417 e. The molecule has 8 nitrogen and oxygen atoms in total. The Hall–Kier alpha value is -2.17. The van der Waals surface area contributed by atoms with Crippen LogP contribution in [-0.2, 0) is 11.7 Å². The molecule has 2 aromatic heterocycles. The van der Waals surface area contributed by atoms with Crippen LogP contribution in [0.4, 0.5) is 13.2 Å². The molecule has 0 fully saturated rings. The number of benzene rings is 1. The van der Waals surface area contributed by atoms with Crippen molar-refractivity contribution in [3.8, 4) is 0 Å². The minimum absolute atomic E-state index is 0.407. The Bertz CT molecular complexity index is 1020. The summed E-state index contributed by atoms with van der Waals surface area (Å²) in [6.45, 7) is 0.744. The lowest BCUT2D eigenvalue weighted by atomic mass is 9.83. The lowest BCUT2D eigenvalue weighted by Crippen LogP contribution is -2.41. The van der Waals surface area contributed by atoms with Crippen LogP contribution in [-0.4, -0.2) is 39.4 Å². The molecule has 2 heterocycles. The molecule has 13 heteroatoms. The molecule has 3 aromatic rings. The molecule has 3 N–H and O–H groups in total. The van der Waals surface area contributed by atoms with Crippen molar-refractivity contribution in [2.24, 2.45) is 0 Å². The summed E-state index contributed by atoms with van der Waals surface area (Å²) in [5, 5.41) is 0.988. The van der Waals surface area contributed by atoms with Crippen molar-refractivity contribution < 1.29 is 27.9 Å². The number of halogens is 4. The molecule has 0 saturated carbocycles. The SMILES string of the molecule is CC(c1ncnc(Cl)c1F)C(Cn1cncn1)(c1ccc(F)cc1F)[P+](O)(O)O. The second-order valence-electron chi connectivity index (χ2n) is 6.30. The summed E-state index contributed by atoms with van der Waals surface area (Å²) in [4.78, 5) is 42.4. The van der Waals surface area contributed by atoms with Crippen molar-refractivity contribution in [3.05, 3.63) is 71.0 Å². The third kappa shape index (κ3) is 3.84. The van der Waals surface area contributed by atoms with Gasteiger partial charge in [-0.05, 0) is 12.1 Å². The van der Waals surface area contributed by atoms with E-state index >= 15 is 0 Å². The van der Waals surface area contributed by atoms with Crippen LogP contribution in [0.2, 0.25) is 5.15 Å². The van der Waals surface area contributed by atoms with E-state index in [-0.39, 0.29) is 0 Å². The highest BCUT2D eigenvalue weighted by atomic mass is 35.5. The highest BCUT2D eigenvalue weighted by molar-refractivity contribution is 7.60. The van der Waals surface area contributed by atoms with Crippen molar-refractivity contribution in [2.45, 2.75) is 24.5 Å². The highest BCUT2D eigenvalue weighted by Crippen LogP contribution is 2.70. The third-order valence-electron chi connectivity index (χ3n) is 4.70. The second kappa shape index (κ2) is 7.92. The fourth-order valence-electron chi connectivity index (χ4n) is 3.26. The topological polar surface area (TPSA) is 117 Å². The average molecular weight is 449 g/mol. The van der Waals surface area contributed by atoms with Crippen molar-refractivity contribution in [3.63, 3.8) is 0 Å². The zero-order valence-electron chi connectivity index (χ0n) is 14.8. The van der Waals surface area contributed by atoms with Crippen LogP contribution in [0.25, 0.3) is 0 Å². The zero-order valence-corrected chi connectivity index (χ0v) is 16.4. The molecule has 0 aliphatic heterocycles. The van der Waals surface area contributed by atoms with E-state index in [0.717, 1.165) is 29.5 Å². The fraction of sp³-hybridized carbons (Fsp3) is 0.250. The molecule has 154 valence electrons. The first-order valence-corrected chi connectivity index (χ1v) is 10.1. The molecular formula is C16H15ClF3N5O3P+. The Kier molecular flexibility index (Phi) is 5.88. The number of nitrogens with zero attached hydrogens (tertiary/aromatic N) is 5. The van der Waals surface area contributed by atoms with Crippen LogP contribution < -0.4 is 0 Å². The molecule has 2 unspecified atom stereocenters. The Morgan fingerprint density at radius 1 is 1.17 bits per heavy atom. The molecule has 2 atom stereocenters. The summed E-state index contributed by atoms with van der Waals surface area (Å²) < 4.78 is 44.1. The fourth-order valence-corrected chi connectivity index (χ4v) is 4.88. The normalized spacial score (nSPS) is 15.2. The summed E-state index contributed by atoms with van der Waals surface area (Å²) in [5.41, 5.74) is -0.882. The Labute approximate surface area is 168 Å². The van der Waals surface area contributed by atoms with Gasteiger partial charge in [0.2, 0.25) is 5.16 Å². The Morgan fingerprint density at radius 3 is 2.48 bits per heavy atom. The van der Waals surface area contributed by atoms with Gasteiger partial charge < -0.3 is 0 Å². The number of aromatic nitrogens is 5. The van der Waals surface area contributed by atoms with Gasteiger partial charge in [-0.15, -0.1) is 0 Å². The molecule has 0 bridgehead atoms. The van der Waals surface area contributed by atoms with Gasteiger partial charge in [0.15, 0.2) is 11.0 Å². The standard InChI is InChI=1S/C16H15ClF3N5O3P/c1-9(14-13(20)15(17)23-7-22-14)16(29(26,27)28,5-25-8-21-6-24-25)11-3-2-10(18)4-12(11)19/h2-4,6-9,26-28H,5H2,1H3/q+1. The van der Waals surface area contributed by atoms with Crippen molar-refractivity contribution >= 4 is 19.5 Å². The van der Waals surface area contributed by atoms with Gasteiger partial charge in [0, 0.05) is 11.6 Å². The molecule has 29 heavy (non-hydrogen) atoms. The molecular weight excluding hydrogens is 434 g/mol. The van der Waals surface area contributed by atoms with E-state index in [4.69, 9.17) is 11.6 Å². The van der Waals surface area contributed by atoms with Crippen molar-refractivity contribution in [2.75, 3.05) is 0 Å². The summed E-state index contributed by atoms with van der Waals surface area (Å²) in [6.07, 6.45) is 3.25. The van der Waals surface area contributed by atoms with Crippen LogP contribution >= 0.6 is 19.5 Å². The van der Waals surface area contributed by atoms with Gasteiger partial charge >= 0.3 is 7.94 Å². The van der Waals surface area contributed by atoms with Gasteiger partial charge in [-0.3, -0.25) is 0 Å². The van der Waals surface area contributed by atoms with Crippen LogP contribution in [0.3, 0.4) is 0 Å². The van der Waals surface area contributed by atoms with Crippen LogP contribution in [0.1, 0.15) is 24.1 Å². The maximum absolute atomic E-state index is 14.8. The molecule has 0 spiro atoms. The second-order valence-corrected chi connectivity index (χ2v) is 8.59. The van der Waals surface area contributed by atoms with E-state index in [9.17, 15) is 27.9 Å². The van der Waals surface area contributed by atoms with Gasteiger partial charge in [0.1, 0.15) is 30.6 Å². The predicted molar refractivity (Wildman–Crippen MR) is 97.0 cm³/mol. The minimum atomic E-state index is -5.04. The lowest BCUT2D eigenvalue weighted by Gasteiger charge is -2.37. The van der Waals surface area contributed by atoms with Crippen LogP contribution in [0, 0.1) is 17.5 Å². The van der Waals surface area contributed by atoms with Crippen LogP contribution in [0.5, 0.6) is 0 Å². The number of rotatable bonds is 6. The molecule has 0 aliphatic carbocycles. The average Bonchev–Trinajstić information content (AvgIpc) is 3.14. The van der Waals surface area contributed by atoms with Gasteiger partial charge in [-0.25, -0.2) is 32.8 Å². The van der Waals surface area contributed by atoms with E-state index < -0.39 is 59.4 Å². The van der Waals surface area contributed by atoms with E-state index in [2.05, 4.69) is 20.1 Å². The third-order valence-corrected chi connectivity index (χ3v) is 6.81.